The minimum Gasteiger partial charge on any atom is -0.440 e. The highest BCUT2D eigenvalue weighted by Crippen LogP contribution is 2.32. The fourth-order valence-electron chi connectivity index (χ4n) is 1.40. The van der Waals surface area contributed by atoms with Crippen LogP contribution < -0.4 is 10.5 Å². The van der Waals surface area contributed by atoms with Crippen LogP contribution >= 0.6 is 11.8 Å². The molecule has 0 atom stereocenters. The molecule has 0 aliphatic rings. The van der Waals surface area contributed by atoms with Crippen LogP contribution in [0.5, 0.6) is 0 Å². The highest BCUT2D eigenvalue weighted by atomic mass is 32.2. The highest BCUT2D eigenvalue weighted by molar-refractivity contribution is 7.99. The molecule has 0 unspecified atom stereocenters. The van der Waals surface area contributed by atoms with Crippen LogP contribution in [-0.2, 0) is 10.0 Å². The molecule has 0 radical (unpaired) electrons. The SMILES string of the molecule is CCNS(=O)(=O)c1ccc(N)c(Sc2ncco2)c1. The number of nitrogens with one attached hydrogen (secondary N) is 1. The second-order valence-corrected chi connectivity index (χ2v) is 6.36. The van der Waals surface area contributed by atoms with Gasteiger partial charge in [0.25, 0.3) is 5.22 Å². The van der Waals surface area contributed by atoms with Gasteiger partial charge in [-0.25, -0.2) is 18.1 Å². The van der Waals surface area contributed by atoms with Gasteiger partial charge >= 0.3 is 0 Å². The summed E-state index contributed by atoms with van der Waals surface area (Å²) in [7, 11) is -3.50. The summed E-state index contributed by atoms with van der Waals surface area (Å²) in [5.41, 5.74) is 6.29. The average molecular weight is 299 g/mol. The van der Waals surface area contributed by atoms with E-state index in [1.807, 2.05) is 0 Å². The minimum absolute atomic E-state index is 0.164. The van der Waals surface area contributed by atoms with Gasteiger partial charge in [0.05, 0.1) is 11.1 Å². The molecule has 0 saturated heterocycles. The average Bonchev–Trinajstić information content (AvgIpc) is 2.84. The Morgan fingerprint density at radius 3 is 2.89 bits per heavy atom. The predicted molar refractivity (Wildman–Crippen MR) is 72.3 cm³/mol. The maximum atomic E-state index is 11.9. The molecule has 2 aromatic rings. The Labute approximate surface area is 115 Å². The Balaban J connectivity index is 2.35. The van der Waals surface area contributed by atoms with Crippen LogP contribution in [0.15, 0.2) is 50.1 Å². The molecule has 0 spiro atoms. The molecular weight excluding hydrogens is 286 g/mol. The van der Waals surface area contributed by atoms with Gasteiger partial charge in [0.1, 0.15) is 6.26 Å². The van der Waals surface area contributed by atoms with E-state index in [-0.39, 0.29) is 4.90 Å². The Morgan fingerprint density at radius 2 is 2.26 bits per heavy atom. The smallest absolute Gasteiger partial charge is 0.260 e. The number of rotatable bonds is 5. The molecule has 2 rings (SSSR count). The van der Waals surface area contributed by atoms with E-state index in [1.54, 1.807) is 13.0 Å². The largest absolute Gasteiger partial charge is 0.440 e. The van der Waals surface area contributed by atoms with Gasteiger partial charge < -0.3 is 10.2 Å². The van der Waals surface area contributed by atoms with Gasteiger partial charge in [0.2, 0.25) is 10.0 Å². The van der Waals surface area contributed by atoms with Gasteiger partial charge in [-0.15, -0.1) is 0 Å². The molecule has 3 N–H and O–H groups in total. The molecule has 1 aromatic heterocycles. The molecule has 0 amide bonds. The zero-order valence-electron chi connectivity index (χ0n) is 10.2. The summed E-state index contributed by atoms with van der Waals surface area (Å²) >= 11 is 1.17. The summed E-state index contributed by atoms with van der Waals surface area (Å²) in [6, 6.07) is 4.52. The predicted octanol–water partition coefficient (Wildman–Crippen LogP) is 1.71. The van der Waals surface area contributed by atoms with Crippen molar-refractivity contribution in [2.45, 2.75) is 21.9 Å². The van der Waals surface area contributed by atoms with Crippen molar-refractivity contribution in [2.24, 2.45) is 0 Å². The summed E-state index contributed by atoms with van der Waals surface area (Å²) in [6.45, 7) is 2.05. The third-order valence-electron chi connectivity index (χ3n) is 2.24. The molecule has 0 fully saturated rings. The number of nitrogens with zero attached hydrogens (tertiary/aromatic N) is 1. The van der Waals surface area contributed by atoms with Crippen molar-refractivity contribution in [2.75, 3.05) is 12.3 Å². The third kappa shape index (κ3) is 3.28. The van der Waals surface area contributed by atoms with E-state index in [4.69, 9.17) is 10.2 Å². The van der Waals surface area contributed by atoms with Crippen molar-refractivity contribution in [3.05, 3.63) is 30.7 Å². The summed E-state index contributed by atoms with van der Waals surface area (Å²) < 4.78 is 31.3. The highest BCUT2D eigenvalue weighted by Gasteiger charge is 2.15. The molecule has 0 bridgehead atoms. The van der Waals surface area contributed by atoms with Crippen molar-refractivity contribution < 1.29 is 12.8 Å². The molecule has 19 heavy (non-hydrogen) atoms. The number of benzene rings is 1. The quantitative estimate of drug-likeness (QED) is 0.815. The summed E-state index contributed by atoms with van der Waals surface area (Å²) in [5, 5.41) is 0.407. The molecule has 8 heteroatoms. The fraction of sp³-hybridized carbons (Fsp3) is 0.182. The molecule has 0 aliphatic heterocycles. The van der Waals surface area contributed by atoms with Crippen molar-refractivity contribution in [1.29, 1.82) is 0 Å². The van der Waals surface area contributed by atoms with E-state index < -0.39 is 10.0 Å². The Bertz CT molecular complexity index is 654. The first-order valence-electron chi connectivity index (χ1n) is 5.49. The number of anilines is 1. The zero-order chi connectivity index (χ0) is 13.9. The van der Waals surface area contributed by atoms with Crippen molar-refractivity contribution in [1.82, 2.24) is 9.71 Å². The van der Waals surface area contributed by atoms with Gasteiger partial charge in [-0.2, -0.15) is 0 Å². The van der Waals surface area contributed by atoms with Crippen LogP contribution in [0.4, 0.5) is 5.69 Å². The van der Waals surface area contributed by atoms with Gasteiger partial charge in [0.15, 0.2) is 0 Å². The second kappa shape index (κ2) is 5.64. The summed E-state index contributed by atoms with van der Waals surface area (Å²) in [5.74, 6) is 0. The lowest BCUT2D eigenvalue weighted by atomic mass is 10.3. The minimum atomic E-state index is -3.50. The molecule has 0 saturated carbocycles. The lowest BCUT2D eigenvalue weighted by molar-refractivity contribution is 0.454. The van der Waals surface area contributed by atoms with E-state index in [1.165, 1.54) is 36.4 Å². The fourth-order valence-corrected chi connectivity index (χ4v) is 3.32. The van der Waals surface area contributed by atoms with E-state index in [0.29, 0.717) is 22.4 Å². The Kier molecular flexibility index (Phi) is 4.13. The normalized spacial score (nSPS) is 11.6. The van der Waals surface area contributed by atoms with Crippen LogP contribution in [0.2, 0.25) is 0 Å². The number of nitrogens with two attached hydrogens (primary N) is 1. The summed E-state index contributed by atoms with van der Waals surface area (Å²) in [4.78, 5) is 4.71. The first-order chi connectivity index (χ1) is 9.03. The molecule has 102 valence electrons. The van der Waals surface area contributed by atoms with E-state index >= 15 is 0 Å². The number of hydrogen-bond acceptors (Lipinski definition) is 6. The number of nitrogen functional groups attached to an aromatic ring is 1. The number of hydrogen-bond donors (Lipinski definition) is 2. The maximum Gasteiger partial charge on any atom is 0.260 e. The standard InChI is InChI=1S/C11H13N3O3S2/c1-2-14-19(15,16)8-3-4-9(12)10(7-8)18-11-13-5-6-17-11/h3-7,14H,2,12H2,1H3. The molecule has 1 heterocycles. The lowest BCUT2D eigenvalue weighted by Crippen LogP contribution is -2.23. The van der Waals surface area contributed by atoms with Crippen LogP contribution in [0.25, 0.3) is 0 Å². The summed E-state index contributed by atoms with van der Waals surface area (Å²) in [6.07, 6.45) is 2.95. The molecular formula is C11H13N3O3S2. The maximum absolute atomic E-state index is 11.9. The van der Waals surface area contributed by atoms with Gasteiger partial charge in [-0.05, 0) is 30.0 Å². The number of oxazole rings is 1. The first kappa shape index (κ1) is 13.9. The van der Waals surface area contributed by atoms with Gasteiger partial charge in [-0.3, -0.25) is 0 Å². The van der Waals surface area contributed by atoms with Crippen LogP contribution in [0.1, 0.15) is 6.92 Å². The molecule has 6 nitrogen and oxygen atoms in total. The van der Waals surface area contributed by atoms with Crippen LogP contribution in [0, 0.1) is 0 Å². The van der Waals surface area contributed by atoms with E-state index in [9.17, 15) is 8.42 Å². The number of aromatic nitrogens is 1. The lowest BCUT2D eigenvalue weighted by Gasteiger charge is -2.08. The third-order valence-corrected chi connectivity index (χ3v) is 4.73. The van der Waals surface area contributed by atoms with E-state index in [2.05, 4.69) is 9.71 Å². The topological polar surface area (TPSA) is 98.2 Å². The van der Waals surface area contributed by atoms with Gasteiger partial charge in [-0.1, -0.05) is 6.92 Å². The Morgan fingerprint density at radius 1 is 1.47 bits per heavy atom. The van der Waals surface area contributed by atoms with Crippen LogP contribution in [0.3, 0.4) is 0 Å². The number of sulfonamides is 1. The van der Waals surface area contributed by atoms with Crippen LogP contribution in [-0.4, -0.2) is 19.9 Å². The van der Waals surface area contributed by atoms with Gasteiger partial charge in [0, 0.05) is 17.1 Å². The van der Waals surface area contributed by atoms with E-state index in [0.717, 1.165) is 0 Å². The van der Waals surface area contributed by atoms with Crippen molar-refractivity contribution in [3.8, 4) is 0 Å². The second-order valence-electron chi connectivity index (χ2n) is 3.60. The van der Waals surface area contributed by atoms with Crippen molar-refractivity contribution in [3.63, 3.8) is 0 Å². The Hall–Kier alpha value is -1.51. The first-order valence-corrected chi connectivity index (χ1v) is 7.79. The molecule has 0 aliphatic carbocycles. The van der Waals surface area contributed by atoms with Crippen molar-refractivity contribution >= 4 is 27.5 Å². The zero-order valence-corrected chi connectivity index (χ0v) is 11.8. The monoisotopic (exact) mass is 299 g/mol. The molecule has 1 aromatic carbocycles.